The van der Waals surface area contributed by atoms with E-state index in [1.165, 1.54) is 18.6 Å². The van der Waals surface area contributed by atoms with Gasteiger partial charge in [-0.15, -0.1) is 0 Å². The molecule has 2 unspecified atom stereocenters. The number of hydrogen-bond acceptors (Lipinski definition) is 1. The lowest BCUT2D eigenvalue weighted by Crippen LogP contribution is -2.34. The van der Waals surface area contributed by atoms with Crippen molar-refractivity contribution in [1.82, 2.24) is 5.32 Å². The molecule has 1 fully saturated rings. The van der Waals surface area contributed by atoms with Gasteiger partial charge in [-0.25, -0.2) is 4.39 Å². The molecule has 0 spiro atoms. The van der Waals surface area contributed by atoms with E-state index in [0.717, 1.165) is 18.4 Å². The van der Waals surface area contributed by atoms with E-state index in [2.05, 4.69) is 12.2 Å². The minimum absolute atomic E-state index is 0.0377. The van der Waals surface area contributed by atoms with Crippen LogP contribution in [0.25, 0.3) is 0 Å². The first-order valence-electron chi connectivity index (χ1n) is 6.17. The summed E-state index contributed by atoms with van der Waals surface area (Å²) >= 11 is 0. The van der Waals surface area contributed by atoms with Crippen molar-refractivity contribution in [1.29, 1.82) is 0 Å². The molecule has 1 aliphatic carbocycles. The summed E-state index contributed by atoms with van der Waals surface area (Å²) in [5, 5.41) is 3.04. The molecule has 0 bridgehead atoms. The van der Waals surface area contributed by atoms with E-state index < -0.39 is 0 Å². The van der Waals surface area contributed by atoms with Crippen LogP contribution in [0.3, 0.4) is 0 Å². The molecule has 1 N–H and O–H groups in total. The number of hydrogen-bond donors (Lipinski definition) is 1. The van der Waals surface area contributed by atoms with Gasteiger partial charge < -0.3 is 5.32 Å². The molecule has 1 aliphatic rings. The molecule has 2 rings (SSSR count). The summed E-state index contributed by atoms with van der Waals surface area (Å²) in [6, 6.07) is 6.43. The van der Waals surface area contributed by atoms with Crippen molar-refractivity contribution in [3.8, 4) is 0 Å². The second-order valence-corrected chi connectivity index (χ2v) is 4.99. The molecular weight excluding hydrogens is 217 g/mol. The fourth-order valence-corrected chi connectivity index (χ4v) is 2.40. The van der Waals surface area contributed by atoms with Crippen LogP contribution in [0.2, 0.25) is 0 Å². The summed E-state index contributed by atoms with van der Waals surface area (Å²) in [5.74, 6) is 0.487. The number of benzene rings is 1. The van der Waals surface area contributed by atoms with Gasteiger partial charge in [-0.3, -0.25) is 4.79 Å². The molecule has 0 aromatic heterocycles. The average molecular weight is 235 g/mol. The Kier molecular flexibility index (Phi) is 3.77. The Bertz CT molecular complexity index is 388. The third-order valence-corrected chi connectivity index (χ3v) is 3.34. The quantitative estimate of drug-likeness (QED) is 0.857. The number of carbonyl (C=O) groups is 1. The van der Waals surface area contributed by atoms with Crippen LogP contribution in [-0.2, 0) is 11.2 Å². The Hall–Kier alpha value is -1.38. The molecule has 0 saturated heterocycles. The Labute approximate surface area is 101 Å². The third kappa shape index (κ3) is 3.55. The maximum atomic E-state index is 12.7. The summed E-state index contributed by atoms with van der Waals surface area (Å²) in [6.45, 7) is 2.21. The smallest absolute Gasteiger partial charge is 0.224 e. The predicted octanol–water partition coefficient (Wildman–Crippen LogP) is 2.67. The maximum absolute atomic E-state index is 12.7. The number of nitrogens with one attached hydrogen (secondary N) is 1. The topological polar surface area (TPSA) is 29.1 Å². The van der Waals surface area contributed by atoms with Crippen LogP contribution in [0.15, 0.2) is 24.3 Å². The van der Waals surface area contributed by atoms with Gasteiger partial charge in [0.05, 0.1) is 6.42 Å². The molecule has 0 aliphatic heterocycles. The van der Waals surface area contributed by atoms with Crippen molar-refractivity contribution in [2.24, 2.45) is 5.92 Å². The Morgan fingerprint density at radius 3 is 2.65 bits per heavy atom. The van der Waals surface area contributed by atoms with E-state index in [9.17, 15) is 9.18 Å². The molecule has 1 amide bonds. The van der Waals surface area contributed by atoms with Crippen LogP contribution in [0.5, 0.6) is 0 Å². The highest BCUT2D eigenvalue weighted by molar-refractivity contribution is 5.78. The van der Waals surface area contributed by atoms with Gasteiger partial charge in [0, 0.05) is 6.04 Å². The minimum Gasteiger partial charge on any atom is -0.353 e. The zero-order valence-corrected chi connectivity index (χ0v) is 10.1. The molecule has 1 aromatic carbocycles. The SMILES string of the molecule is CC1CCC(NC(=O)Cc2ccc(F)cc2)C1. The summed E-state index contributed by atoms with van der Waals surface area (Å²) < 4.78 is 12.7. The summed E-state index contributed by atoms with van der Waals surface area (Å²) in [4.78, 5) is 11.8. The standard InChI is InChI=1S/C14H18FNO/c1-10-2-7-13(8-10)16-14(17)9-11-3-5-12(15)6-4-11/h3-6,10,13H,2,7-9H2,1H3,(H,16,17). The van der Waals surface area contributed by atoms with Crippen LogP contribution >= 0.6 is 0 Å². The molecular formula is C14H18FNO. The normalized spacial score (nSPS) is 23.6. The lowest BCUT2D eigenvalue weighted by molar-refractivity contribution is -0.121. The second kappa shape index (κ2) is 5.30. The first-order valence-corrected chi connectivity index (χ1v) is 6.17. The van der Waals surface area contributed by atoms with Crippen molar-refractivity contribution in [3.05, 3.63) is 35.6 Å². The molecule has 92 valence electrons. The van der Waals surface area contributed by atoms with E-state index in [1.54, 1.807) is 12.1 Å². The Morgan fingerprint density at radius 1 is 1.35 bits per heavy atom. The van der Waals surface area contributed by atoms with Gasteiger partial charge in [-0.2, -0.15) is 0 Å². The van der Waals surface area contributed by atoms with E-state index in [4.69, 9.17) is 0 Å². The summed E-state index contributed by atoms with van der Waals surface area (Å²) in [6.07, 6.45) is 3.69. The van der Waals surface area contributed by atoms with E-state index in [1.807, 2.05) is 0 Å². The largest absolute Gasteiger partial charge is 0.353 e. The third-order valence-electron chi connectivity index (χ3n) is 3.34. The van der Waals surface area contributed by atoms with Crippen molar-refractivity contribution >= 4 is 5.91 Å². The van der Waals surface area contributed by atoms with Crippen LogP contribution in [0, 0.1) is 11.7 Å². The van der Waals surface area contributed by atoms with Crippen LogP contribution in [-0.4, -0.2) is 11.9 Å². The van der Waals surface area contributed by atoms with Gasteiger partial charge in [-0.05, 0) is 42.9 Å². The first kappa shape index (κ1) is 12.1. The van der Waals surface area contributed by atoms with E-state index in [-0.39, 0.29) is 11.7 Å². The van der Waals surface area contributed by atoms with Crippen molar-refractivity contribution < 1.29 is 9.18 Å². The summed E-state index contributed by atoms with van der Waals surface area (Å²) in [5.41, 5.74) is 0.856. The predicted molar refractivity (Wildman–Crippen MR) is 65.0 cm³/mol. The Balaban J connectivity index is 1.83. The number of carbonyl (C=O) groups excluding carboxylic acids is 1. The monoisotopic (exact) mass is 235 g/mol. The van der Waals surface area contributed by atoms with Crippen molar-refractivity contribution in [2.45, 2.75) is 38.6 Å². The van der Waals surface area contributed by atoms with Gasteiger partial charge in [0.25, 0.3) is 0 Å². The van der Waals surface area contributed by atoms with Crippen LogP contribution in [0.1, 0.15) is 31.7 Å². The van der Waals surface area contributed by atoms with Crippen LogP contribution in [0.4, 0.5) is 4.39 Å². The van der Waals surface area contributed by atoms with Crippen molar-refractivity contribution in [3.63, 3.8) is 0 Å². The molecule has 2 nitrogen and oxygen atoms in total. The zero-order chi connectivity index (χ0) is 12.3. The van der Waals surface area contributed by atoms with Crippen molar-refractivity contribution in [2.75, 3.05) is 0 Å². The summed E-state index contributed by atoms with van der Waals surface area (Å²) in [7, 11) is 0. The van der Waals surface area contributed by atoms with Crippen LogP contribution < -0.4 is 5.32 Å². The van der Waals surface area contributed by atoms with E-state index in [0.29, 0.717) is 18.4 Å². The highest BCUT2D eigenvalue weighted by atomic mass is 19.1. The molecule has 2 atom stereocenters. The number of amides is 1. The molecule has 1 saturated carbocycles. The second-order valence-electron chi connectivity index (χ2n) is 4.99. The minimum atomic E-state index is -0.265. The fourth-order valence-electron chi connectivity index (χ4n) is 2.40. The van der Waals surface area contributed by atoms with Gasteiger partial charge in [0.2, 0.25) is 5.91 Å². The highest BCUT2D eigenvalue weighted by Gasteiger charge is 2.22. The average Bonchev–Trinajstić information content (AvgIpc) is 2.67. The fraction of sp³-hybridized carbons (Fsp3) is 0.500. The van der Waals surface area contributed by atoms with Gasteiger partial charge in [0.15, 0.2) is 0 Å². The highest BCUT2D eigenvalue weighted by Crippen LogP contribution is 2.24. The van der Waals surface area contributed by atoms with Gasteiger partial charge >= 0.3 is 0 Å². The molecule has 1 aromatic rings. The lowest BCUT2D eigenvalue weighted by Gasteiger charge is -2.12. The Morgan fingerprint density at radius 2 is 2.06 bits per heavy atom. The molecule has 3 heteroatoms. The molecule has 17 heavy (non-hydrogen) atoms. The molecule has 0 heterocycles. The van der Waals surface area contributed by atoms with Gasteiger partial charge in [-0.1, -0.05) is 19.1 Å². The zero-order valence-electron chi connectivity index (χ0n) is 10.1. The lowest BCUT2D eigenvalue weighted by atomic mass is 10.1. The number of rotatable bonds is 3. The van der Waals surface area contributed by atoms with E-state index >= 15 is 0 Å². The number of halogens is 1. The van der Waals surface area contributed by atoms with Gasteiger partial charge in [0.1, 0.15) is 5.82 Å². The molecule has 0 radical (unpaired) electrons. The first-order chi connectivity index (χ1) is 8.13. The maximum Gasteiger partial charge on any atom is 0.224 e.